The van der Waals surface area contributed by atoms with Crippen LogP contribution in [0.1, 0.15) is 22.5 Å². The summed E-state index contributed by atoms with van der Waals surface area (Å²) in [5.41, 5.74) is 0.143. The fourth-order valence-corrected chi connectivity index (χ4v) is 2.78. The summed E-state index contributed by atoms with van der Waals surface area (Å²) in [7, 11) is 1.66. The number of fused-ring (bicyclic) bond motifs is 1. The Kier molecular flexibility index (Phi) is 3.77. The smallest absolute Gasteiger partial charge is 0.289 e. The second-order valence-corrected chi connectivity index (χ2v) is 5.72. The molecule has 1 amide bonds. The minimum atomic E-state index is -0.460. The van der Waals surface area contributed by atoms with E-state index in [0.29, 0.717) is 29.9 Å². The van der Waals surface area contributed by atoms with Crippen molar-refractivity contribution in [2.75, 3.05) is 19.7 Å². The molecule has 4 rings (SSSR count). The highest BCUT2D eigenvalue weighted by Crippen LogP contribution is 2.21. The fourth-order valence-electron chi connectivity index (χ4n) is 2.78. The molecule has 0 aliphatic carbocycles. The summed E-state index contributed by atoms with van der Waals surface area (Å²) in [6.07, 6.45) is -0.460. The number of carbonyl (C=O) groups excluding carboxylic acids is 1. The maximum atomic E-state index is 12.8. The molecule has 9 nitrogen and oxygen atoms in total. The molecule has 2 aromatic heterocycles. The zero-order valence-corrected chi connectivity index (χ0v) is 13.5. The van der Waals surface area contributed by atoms with Crippen molar-refractivity contribution < 1.29 is 13.9 Å². The SMILES string of the molecule is Cn1nnc(C2CN(C(=O)c3cc(=O)c4ccccc4o3)CCO2)n1. The van der Waals surface area contributed by atoms with Crippen LogP contribution in [0.2, 0.25) is 0 Å². The monoisotopic (exact) mass is 341 g/mol. The first kappa shape index (κ1) is 15.5. The van der Waals surface area contributed by atoms with Crippen molar-refractivity contribution in [3.8, 4) is 0 Å². The van der Waals surface area contributed by atoms with Gasteiger partial charge in [0.15, 0.2) is 11.2 Å². The highest BCUT2D eigenvalue weighted by Gasteiger charge is 2.30. The third-order valence-corrected chi connectivity index (χ3v) is 4.01. The number of ether oxygens (including phenoxy) is 1. The molecule has 128 valence electrons. The Hall–Kier alpha value is -3.07. The van der Waals surface area contributed by atoms with E-state index in [1.54, 1.807) is 36.2 Å². The van der Waals surface area contributed by atoms with E-state index < -0.39 is 6.10 Å². The van der Waals surface area contributed by atoms with Crippen molar-refractivity contribution in [2.24, 2.45) is 7.05 Å². The molecule has 3 heterocycles. The van der Waals surface area contributed by atoms with E-state index in [0.717, 1.165) is 0 Å². The molecule has 1 unspecified atom stereocenters. The summed E-state index contributed by atoms with van der Waals surface area (Å²) >= 11 is 0. The average Bonchev–Trinajstić information content (AvgIpc) is 3.08. The van der Waals surface area contributed by atoms with Crippen molar-refractivity contribution in [3.05, 3.63) is 52.1 Å². The number of aromatic nitrogens is 4. The van der Waals surface area contributed by atoms with Crippen LogP contribution < -0.4 is 5.43 Å². The number of tetrazole rings is 1. The van der Waals surface area contributed by atoms with Crippen LogP contribution in [0.4, 0.5) is 0 Å². The second kappa shape index (κ2) is 6.10. The van der Waals surface area contributed by atoms with E-state index in [4.69, 9.17) is 9.15 Å². The quantitative estimate of drug-likeness (QED) is 0.670. The van der Waals surface area contributed by atoms with Gasteiger partial charge in [-0.15, -0.1) is 10.2 Å². The van der Waals surface area contributed by atoms with E-state index >= 15 is 0 Å². The first-order valence-corrected chi connectivity index (χ1v) is 7.79. The summed E-state index contributed by atoms with van der Waals surface area (Å²) < 4.78 is 11.2. The molecular formula is C16H15N5O4. The number of nitrogens with zero attached hydrogens (tertiary/aromatic N) is 5. The van der Waals surface area contributed by atoms with Gasteiger partial charge in [0, 0.05) is 12.6 Å². The van der Waals surface area contributed by atoms with Crippen molar-refractivity contribution in [1.82, 2.24) is 25.1 Å². The van der Waals surface area contributed by atoms with E-state index in [1.165, 1.54) is 10.9 Å². The molecule has 0 saturated carbocycles. The molecule has 1 fully saturated rings. The van der Waals surface area contributed by atoms with Crippen molar-refractivity contribution >= 4 is 16.9 Å². The van der Waals surface area contributed by atoms with Crippen LogP contribution in [0.15, 0.2) is 39.5 Å². The summed E-state index contributed by atoms with van der Waals surface area (Å²) in [6.45, 7) is 1.000. The van der Waals surface area contributed by atoms with Crippen molar-refractivity contribution in [3.63, 3.8) is 0 Å². The maximum absolute atomic E-state index is 12.8. The summed E-state index contributed by atoms with van der Waals surface area (Å²) in [4.78, 5) is 27.8. The van der Waals surface area contributed by atoms with Crippen molar-refractivity contribution in [1.29, 1.82) is 0 Å². The summed E-state index contributed by atoms with van der Waals surface area (Å²) in [5.74, 6) is 0.0662. The van der Waals surface area contributed by atoms with Gasteiger partial charge in [-0.05, 0) is 17.3 Å². The lowest BCUT2D eigenvalue weighted by Crippen LogP contribution is -2.42. The molecule has 1 aliphatic heterocycles. The highest BCUT2D eigenvalue weighted by atomic mass is 16.5. The zero-order valence-electron chi connectivity index (χ0n) is 13.5. The average molecular weight is 341 g/mol. The number of hydrogen-bond donors (Lipinski definition) is 0. The fraction of sp³-hybridized carbons (Fsp3) is 0.312. The summed E-state index contributed by atoms with van der Waals surface area (Å²) in [5, 5.41) is 12.3. The van der Waals surface area contributed by atoms with Gasteiger partial charge < -0.3 is 14.1 Å². The van der Waals surface area contributed by atoms with Crippen molar-refractivity contribution in [2.45, 2.75) is 6.10 Å². The minimum Gasteiger partial charge on any atom is -0.451 e. The molecule has 0 spiro atoms. The lowest BCUT2D eigenvalue weighted by atomic mass is 10.2. The van der Waals surface area contributed by atoms with Gasteiger partial charge in [-0.3, -0.25) is 9.59 Å². The van der Waals surface area contributed by atoms with Gasteiger partial charge in [0.1, 0.15) is 11.7 Å². The normalized spacial score (nSPS) is 17.8. The van der Waals surface area contributed by atoms with Gasteiger partial charge in [0.05, 0.1) is 25.6 Å². The van der Waals surface area contributed by atoms with Crippen LogP contribution in [-0.4, -0.2) is 50.7 Å². The summed E-state index contributed by atoms with van der Waals surface area (Å²) in [6, 6.07) is 8.07. The van der Waals surface area contributed by atoms with Crippen LogP contribution in [0.25, 0.3) is 11.0 Å². The molecule has 0 bridgehead atoms. The lowest BCUT2D eigenvalue weighted by Gasteiger charge is -2.31. The topological polar surface area (TPSA) is 103 Å². The van der Waals surface area contributed by atoms with E-state index in [-0.39, 0.29) is 23.6 Å². The van der Waals surface area contributed by atoms with Crippen LogP contribution in [0.5, 0.6) is 0 Å². The Balaban J connectivity index is 1.61. The molecule has 1 atom stereocenters. The molecule has 9 heteroatoms. The van der Waals surface area contributed by atoms with Gasteiger partial charge in [-0.2, -0.15) is 4.80 Å². The minimum absolute atomic E-state index is 0.0106. The Morgan fingerprint density at radius 2 is 2.16 bits per heavy atom. The van der Waals surface area contributed by atoms with Gasteiger partial charge in [0.2, 0.25) is 5.82 Å². The zero-order chi connectivity index (χ0) is 17.4. The molecule has 25 heavy (non-hydrogen) atoms. The van der Waals surface area contributed by atoms with E-state index in [9.17, 15) is 9.59 Å². The number of morpholine rings is 1. The number of hydrogen-bond acceptors (Lipinski definition) is 7. The number of amides is 1. The number of benzene rings is 1. The Morgan fingerprint density at radius 1 is 1.32 bits per heavy atom. The maximum Gasteiger partial charge on any atom is 0.289 e. The van der Waals surface area contributed by atoms with E-state index in [2.05, 4.69) is 15.4 Å². The predicted octanol–water partition coefficient (Wildman–Crippen LogP) is 0.530. The third-order valence-electron chi connectivity index (χ3n) is 4.01. The molecule has 1 aliphatic rings. The number of aryl methyl sites for hydroxylation is 1. The van der Waals surface area contributed by atoms with Crippen LogP contribution in [-0.2, 0) is 11.8 Å². The predicted molar refractivity (Wildman–Crippen MR) is 85.9 cm³/mol. The molecular weight excluding hydrogens is 326 g/mol. The number of rotatable bonds is 2. The number of carbonyl (C=O) groups is 1. The first-order valence-electron chi connectivity index (χ1n) is 7.79. The number of para-hydroxylation sites is 1. The molecule has 1 aromatic carbocycles. The lowest BCUT2D eigenvalue weighted by molar-refractivity contribution is -0.0278. The van der Waals surface area contributed by atoms with Gasteiger partial charge >= 0.3 is 0 Å². The highest BCUT2D eigenvalue weighted by molar-refractivity contribution is 5.93. The first-order chi connectivity index (χ1) is 12.1. The van der Waals surface area contributed by atoms with E-state index in [1.807, 2.05) is 0 Å². The van der Waals surface area contributed by atoms with Crippen LogP contribution in [0, 0.1) is 0 Å². The van der Waals surface area contributed by atoms with Gasteiger partial charge in [0.25, 0.3) is 5.91 Å². The Morgan fingerprint density at radius 3 is 2.96 bits per heavy atom. The second-order valence-electron chi connectivity index (χ2n) is 5.72. The largest absolute Gasteiger partial charge is 0.451 e. The van der Waals surface area contributed by atoms with Gasteiger partial charge in [-0.1, -0.05) is 12.1 Å². The van der Waals surface area contributed by atoms with Crippen LogP contribution in [0.3, 0.4) is 0 Å². The van der Waals surface area contributed by atoms with Gasteiger partial charge in [-0.25, -0.2) is 0 Å². The molecule has 0 N–H and O–H groups in total. The Bertz CT molecular complexity index is 995. The standard InChI is InChI=1S/C16H15N5O4/c1-20-18-15(17-19-20)14-9-21(6-7-24-14)16(23)13-8-11(22)10-4-2-3-5-12(10)25-13/h2-5,8,14H,6-7,9H2,1H3. The Labute approximate surface area is 141 Å². The molecule has 1 saturated heterocycles. The molecule has 0 radical (unpaired) electrons. The molecule has 3 aromatic rings. The van der Waals surface area contributed by atoms with Crippen LogP contribution >= 0.6 is 0 Å². The third kappa shape index (κ3) is 2.89.